The van der Waals surface area contributed by atoms with Crippen molar-refractivity contribution in [3.8, 4) is 5.75 Å². The molecular weight excluding hydrogens is 244 g/mol. The van der Waals surface area contributed by atoms with Gasteiger partial charge in [0.1, 0.15) is 5.75 Å². The van der Waals surface area contributed by atoms with Crippen molar-refractivity contribution in [3.05, 3.63) is 28.3 Å². The second-order valence-electron chi connectivity index (χ2n) is 5.42. The number of nitrogens with zero attached hydrogens (tertiary/aromatic N) is 1. The third-order valence-corrected chi connectivity index (χ3v) is 3.69. The smallest absolute Gasteiger partial charge is 0.275 e. The number of rotatable bonds is 6. The van der Waals surface area contributed by atoms with E-state index in [9.17, 15) is 10.1 Å². The van der Waals surface area contributed by atoms with Gasteiger partial charge in [-0.2, -0.15) is 0 Å². The molecule has 1 N–H and O–H groups in total. The van der Waals surface area contributed by atoms with Crippen molar-refractivity contribution >= 4 is 11.4 Å². The van der Waals surface area contributed by atoms with Crippen molar-refractivity contribution in [1.82, 2.24) is 0 Å². The fourth-order valence-electron chi connectivity index (χ4n) is 2.31. The highest BCUT2D eigenvalue weighted by Gasteiger charge is 2.31. The van der Waals surface area contributed by atoms with E-state index in [1.165, 1.54) is 25.3 Å². The molecule has 0 aliphatic heterocycles. The quantitative estimate of drug-likeness (QED) is 0.630. The predicted molar refractivity (Wildman–Crippen MR) is 74.7 cm³/mol. The van der Waals surface area contributed by atoms with Crippen LogP contribution < -0.4 is 10.1 Å². The average molecular weight is 264 g/mol. The van der Waals surface area contributed by atoms with Gasteiger partial charge in [0.05, 0.1) is 17.6 Å². The highest BCUT2D eigenvalue weighted by atomic mass is 16.6. The van der Waals surface area contributed by atoms with Gasteiger partial charge in [0.2, 0.25) is 0 Å². The lowest BCUT2D eigenvalue weighted by Crippen LogP contribution is -2.33. The Morgan fingerprint density at radius 3 is 2.68 bits per heavy atom. The molecule has 0 radical (unpaired) electrons. The number of hydrogen-bond acceptors (Lipinski definition) is 4. The third-order valence-electron chi connectivity index (χ3n) is 3.69. The number of non-ortho nitro benzene ring substituents is 1. The molecule has 0 atom stereocenters. The van der Waals surface area contributed by atoms with Crippen LogP contribution >= 0.6 is 0 Å². The number of ether oxygens (including phenoxy) is 1. The minimum absolute atomic E-state index is 0.0622. The van der Waals surface area contributed by atoms with Crippen LogP contribution in [0.3, 0.4) is 0 Å². The van der Waals surface area contributed by atoms with E-state index in [0.29, 0.717) is 17.8 Å². The summed E-state index contributed by atoms with van der Waals surface area (Å²) < 4.78 is 5.37. The van der Waals surface area contributed by atoms with Gasteiger partial charge in [-0.3, -0.25) is 10.1 Å². The maximum absolute atomic E-state index is 10.9. The van der Waals surface area contributed by atoms with Crippen molar-refractivity contribution in [2.75, 3.05) is 18.5 Å². The predicted octanol–water partition coefficient (Wildman–Crippen LogP) is 3.60. The van der Waals surface area contributed by atoms with E-state index >= 15 is 0 Å². The van der Waals surface area contributed by atoms with Gasteiger partial charge in [0.15, 0.2) is 0 Å². The van der Waals surface area contributed by atoms with E-state index in [1.807, 2.05) is 13.0 Å². The average Bonchev–Trinajstić information content (AvgIpc) is 2.34. The van der Waals surface area contributed by atoms with Gasteiger partial charge in [-0.25, -0.2) is 0 Å². The molecule has 1 aliphatic carbocycles. The Morgan fingerprint density at radius 2 is 2.16 bits per heavy atom. The largest absolute Gasteiger partial charge is 0.494 e. The lowest BCUT2D eigenvalue weighted by molar-refractivity contribution is -0.384. The van der Waals surface area contributed by atoms with E-state index in [-0.39, 0.29) is 5.69 Å². The summed E-state index contributed by atoms with van der Waals surface area (Å²) in [6, 6.07) is 4.84. The zero-order chi connectivity index (χ0) is 13.9. The summed E-state index contributed by atoms with van der Waals surface area (Å²) in [5.74, 6) is 0.540. The molecule has 0 spiro atoms. The minimum atomic E-state index is -0.390. The molecule has 2 rings (SSSR count). The maximum atomic E-state index is 10.9. The van der Waals surface area contributed by atoms with E-state index in [2.05, 4.69) is 12.2 Å². The first-order valence-corrected chi connectivity index (χ1v) is 6.68. The SMILES string of the molecule is CCOc1cc(NCC2(C)CCC2)cc([N+](=O)[O-])c1. The first kappa shape index (κ1) is 13.6. The molecule has 1 aliphatic rings. The Bertz CT molecular complexity index is 470. The number of nitro benzene ring substituents is 1. The topological polar surface area (TPSA) is 64.4 Å². The van der Waals surface area contributed by atoms with Crippen LogP contribution in [0.1, 0.15) is 33.1 Å². The Hall–Kier alpha value is -1.78. The molecule has 5 nitrogen and oxygen atoms in total. The second-order valence-corrected chi connectivity index (χ2v) is 5.42. The van der Waals surface area contributed by atoms with Gasteiger partial charge in [-0.1, -0.05) is 13.3 Å². The lowest BCUT2D eigenvalue weighted by Gasteiger charge is -2.38. The molecule has 0 aromatic heterocycles. The molecule has 1 fully saturated rings. The third kappa shape index (κ3) is 3.36. The minimum Gasteiger partial charge on any atom is -0.494 e. The summed E-state index contributed by atoms with van der Waals surface area (Å²) in [4.78, 5) is 10.5. The summed E-state index contributed by atoms with van der Waals surface area (Å²) in [6.45, 7) is 5.45. The Balaban J connectivity index is 2.11. The Labute approximate surface area is 113 Å². The molecule has 5 heteroatoms. The zero-order valence-corrected chi connectivity index (χ0v) is 11.4. The normalized spacial score (nSPS) is 16.5. The van der Waals surface area contributed by atoms with E-state index in [0.717, 1.165) is 12.2 Å². The van der Waals surface area contributed by atoms with Crippen molar-refractivity contribution in [3.63, 3.8) is 0 Å². The lowest BCUT2D eigenvalue weighted by atomic mass is 9.70. The summed E-state index contributed by atoms with van der Waals surface area (Å²) in [5, 5.41) is 14.2. The number of anilines is 1. The van der Waals surface area contributed by atoms with Crippen molar-refractivity contribution in [2.45, 2.75) is 33.1 Å². The monoisotopic (exact) mass is 264 g/mol. The first-order chi connectivity index (χ1) is 9.02. The zero-order valence-electron chi connectivity index (χ0n) is 11.4. The summed E-state index contributed by atoms with van der Waals surface area (Å²) in [6.07, 6.45) is 3.71. The van der Waals surface area contributed by atoms with Crippen LogP contribution in [0.2, 0.25) is 0 Å². The van der Waals surface area contributed by atoms with Crippen LogP contribution in [0, 0.1) is 15.5 Å². The molecule has 1 aromatic rings. The molecule has 1 aromatic carbocycles. The molecule has 0 bridgehead atoms. The Kier molecular flexibility index (Phi) is 3.93. The van der Waals surface area contributed by atoms with E-state index in [4.69, 9.17) is 4.74 Å². The van der Waals surface area contributed by atoms with Crippen LogP contribution in [0.25, 0.3) is 0 Å². The van der Waals surface area contributed by atoms with Crippen LogP contribution in [0.5, 0.6) is 5.75 Å². The fourth-order valence-corrected chi connectivity index (χ4v) is 2.31. The molecule has 0 amide bonds. The maximum Gasteiger partial charge on any atom is 0.275 e. The van der Waals surface area contributed by atoms with Gasteiger partial charge in [-0.15, -0.1) is 0 Å². The highest BCUT2D eigenvalue weighted by molar-refractivity contribution is 5.56. The van der Waals surface area contributed by atoms with Crippen molar-refractivity contribution < 1.29 is 9.66 Å². The van der Waals surface area contributed by atoms with Gasteiger partial charge >= 0.3 is 0 Å². The molecular formula is C14H20N2O3. The summed E-state index contributed by atoms with van der Waals surface area (Å²) in [7, 11) is 0. The summed E-state index contributed by atoms with van der Waals surface area (Å²) in [5.41, 5.74) is 1.15. The highest BCUT2D eigenvalue weighted by Crippen LogP contribution is 2.40. The van der Waals surface area contributed by atoms with E-state index < -0.39 is 4.92 Å². The van der Waals surface area contributed by atoms with E-state index in [1.54, 1.807) is 6.07 Å². The molecule has 1 saturated carbocycles. The number of nitro groups is 1. The van der Waals surface area contributed by atoms with Crippen LogP contribution in [-0.4, -0.2) is 18.1 Å². The second kappa shape index (κ2) is 5.47. The fraction of sp³-hybridized carbons (Fsp3) is 0.571. The van der Waals surface area contributed by atoms with Crippen molar-refractivity contribution in [2.24, 2.45) is 5.41 Å². The standard InChI is InChI=1S/C14H20N2O3/c1-3-19-13-8-11(7-12(9-13)16(17)18)15-10-14(2)5-4-6-14/h7-9,15H,3-6,10H2,1-2H3. The number of benzene rings is 1. The van der Waals surface area contributed by atoms with Gasteiger partial charge in [-0.05, 0) is 25.2 Å². The first-order valence-electron chi connectivity index (χ1n) is 6.68. The van der Waals surface area contributed by atoms with Gasteiger partial charge < -0.3 is 10.1 Å². The van der Waals surface area contributed by atoms with Crippen LogP contribution in [0.15, 0.2) is 18.2 Å². The molecule has 19 heavy (non-hydrogen) atoms. The Morgan fingerprint density at radius 1 is 1.42 bits per heavy atom. The van der Waals surface area contributed by atoms with Gasteiger partial charge in [0, 0.05) is 24.4 Å². The number of hydrogen-bond donors (Lipinski definition) is 1. The molecule has 0 heterocycles. The van der Waals surface area contributed by atoms with Crippen LogP contribution in [-0.2, 0) is 0 Å². The van der Waals surface area contributed by atoms with Gasteiger partial charge in [0.25, 0.3) is 5.69 Å². The molecule has 0 saturated heterocycles. The molecule has 0 unspecified atom stereocenters. The van der Waals surface area contributed by atoms with Crippen molar-refractivity contribution in [1.29, 1.82) is 0 Å². The number of nitrogens with one attached hydrogen (secondary N) is 1. The van der Waals surface area contributed by atoms with Crippen LogP contribution in [0.4, 0.5) is 11.4 Å². The molecule has 104 valence electrons. The summed E-state index contributed by atoms with van der Waals surface area (Å²) >= 11 is 0.